The van der Waals surface area contributed by atoms with E-state index < -0.39 is 0 Å². The highest BCUT2D eigenvalue weighted by Gasteiger charge is 2.41. The largest absolute Gasteiger partial charge is 0.382 e. The molecule has 1 amide bonds. The molecule has 1 saturated heterocycles. The molecular formula is C30H39N5O2S. The molecule has 0 bridgehead atoms. The van der Waals surface area contributed by atoms with Crippen molar-refractivity contribution in [2.24, 2.45) is 16.7 Å². The zero-order valence-corrected chi connectivity index (χ0v) is 23.1. The number of benzene rings is 2. The van der Waals surface area contributed by atoms with Crippen LogP contribution in [0.1, 0.15) is 73.6 Å². The summed E-state index contributed by atoms with van der Waals surface area (Å²) in [6.45, 7) is 4.23. The SMILES string of the molecule is C[C@@H]1CCC[C@H](C(=O)N(C2CC2)[C@H](C)c2cc(Cc3ccccc3)c(-c3ccccc3/C(N)=N/N)s2)O1.N. The van der Waals surface area contributed by atoms with Crippen LogP contribution in [-0.2, 0) is 16.0 Å². The summed E-state index contributed by atoms with van der Waals surface area (Å²) in [6, 6.07) is 21.0. The Morgan fingerprint density at radius 3 is 2.50 bits per heavy atom. The zero-order valence-electron chi connectivity index (χ0n) is 22.3. The Morgan fingerprint density at radius 1 is 1.11 bits per heavy atom. The van der Waals surface area contributed by atoms with Crippen molar-refractivity contribution in [3.8, 4) is 10.4 Å². The van der Waals surface area contributed by atoms with Crippen molar-refractivity contribution in [2.75, 3.05) is 0 Å². The third-order valence-electron chi connectivity index (χ3n) is 7.42. The highest BCUT2D eigenvalue weighted by molar-refractivity contribution is 7.15. The summed E-state index contributed by atoms with van der Waals surface area (Å²) < 4.78 is 6.10. The second-order valence-corrected chi connectivity index (χ2v) is 11.3. The number of carbonyl (C=O) groups excluding carboxylic acids is 1. The quantitative estimate of drug-likeness (QED) is 0.147. The Morgan fingerprint density at radius 2 is 1.82 bits per heavy atom. The molecule has 8 heteroatoms. The molecule has 3 atom stereocenters. The fourth-order valence-corrected chi connectivity index (χ4v) is 6.61. The van der Waals surface area contributed by atoms with Crippen LogP contribution in [-0.4, -0.2) is 34.9 Å². The molecule has 2 heterocycles. The first kappa shape index (κ1) is 27.8. The number of hydrazone groups is 1. The van der Waals surface area contributed by atoms with Gasteiger partial charge in [-0.2, -0.15) is 5.10 Å². The molecule has 1 aliphatic heterocycles. The molecule has 1 saturated carbocycles. The third-order valence-corrected chi connectivity index (χ3v) is 8.81. The van der Waals surface area contributed by atoms with Crippen molar-refractivity contribution in [3.05, 3.63) is 82.2 Å². The van der Waals surface area contributed by atoms with Gasteiger partial charge in [0.2, 0.25) is 0 Å². The van der Waals surface area contributed by atoms with Crippen molar-refractivity contribution in [2.45, 2.75) is 76.7 Å². The van der Waals surface area contributed by atoms with Gasteiger partial charge in [0.25, 0.3) is 5.91 Å². The molecular weight excluding hydrogens is 494 g/mol. The van der Waals surface area contributed by atoms with Gasteiger partial charge >= 0.3 is 0 Å². The highest BCUT2D eigenvalue weighted by Crippen LogP contribution is 2.43. The van der Waals surface area contributed by atoms with Gasteiger partial charge in [0.15, 0.2) is 5.84 Å². The first-order chi connectivity index (χ1) is 18.0. The smallest absolute Gasteiger partial charge is 0.252 e. The Balaban J connectivity index is 0.00000336. The van der Waals surface area contributed by atoms with Crippen molar-refractivity contribution in [1.29, 1.82) is 0 Å². The van der Waals surface area contributed by atoms with E-state index in [1.54, 1.807) is 11.3 Å². The molecule has 2 aromatic carbocycles. The Bertz CT molecular complexity index is 1270. The van der Waals surface area contributed by atoms with Crippen LogP contribution in [0.3, 0.4) is 0 Å². The van der Waals surface area contributed by atoms with E-state index in [4.69, 9.17) is 16.3 Å². The number of nitrogens with two attached hydrogens (primary N) is 2. The van der Waals surface area contributed by atoms with E-state index in [0.717, 1.165) is 54.5 Å². The summed E-state index contributed by atoms with van der Waals surface area (Å²) in [5.74, 6) is 6.02. The zero-order chi connectivity index (χ0) is 25.9. The molecule has 1 aliphatic carbocycles. The summed E-state index contributed by atoms with van der Waals surface area (Å²) in [5.41, 5.74) is 10.5. The van der Waals surface area contributed by atoms with Crippen LogP contribution < -0.4 is 17.7 Å². The minimum absolute atomic E-state index is 0. The summed E-state index contributed by atoms with van der Waals surface area (Å²) >= 11 is 1.73. The molecule has 38 heavy (non-hydrogen) atoms. The van der Waals surface area contributed by atoms with Crippen LogP contribution >= 0.6 is 11.3 Å². The molecule has 7 N–H and O–H groups in total. The predicted octanol–water partition coefficient (Wildman–Crippen LogP) is 5.76. The maximum Gasteiger partial charge on any atom is 0.252 e. The number of rotatable bonds is 8. The number of amides is 1. The number of amidine groups is 1. The normalized spacial score (nSPS) is 20.4. The predicted molar refractivity (Wildman–Crippen MR) is 155 cm³/mol. The van der Waals surface area contributed by atoms with Gasteiger partial charge in [0.1, 0.15) is 6.10 Å². The molecule has 2 fully saturated rings. The van der Waals surface area contributed by atoms with Crippen molar-refractivity contribution in [3.63, 3.8) is 0 Å². The minimum atomic E-state index is -0.337. The number of thiophene rings is 1. The van der Waals surface area contributed by atoms with Gasteiger partial charge in [-0.25, -0.2) is 0 Å². The fourth-order valence-electron chi connectivity index (χ4n) is 5.34. The molecule has 1 aromatic heterocycles. The van der Waals surface area contributed by atoms with Crippen molar-refractivity contribution < 1.29 is 9.53 Å². The first-order valence-corrected chi connectivity index (χ1v) is 14.0. The Kier molecular flexibility index (Phi) is 8.87. The monoisotopic (exact) mass is 533 g/mol. The Hall–Kier alpha value is -3.20. The van der Waals surface area contributed by atoms with Gasteiger partial charge in [0.05, 0.1) is 12.1 Å². The highest BCUT2D eigenvalue weighted by atomic mass is 32.1. The Labute approximate surface area is 229 Å². The number of ether oxygens (including phenoxy) is 1. The van der Waals surface area contributed by atoms with Gasteiger partial charge in [-0.05, 0) is 69.6 Å². The number of hydrogen-bond donors (Lipinski definition) is 3. The van der Waals surface area contributed by atoms with E-state index in [1.165, 1.54) is 16.0 Å². The number of hydrogen-bond acceptors (Lipinski definition) is 6. The summed E-state index contributed by atoms with van der Waals surface area (Å²) in [7, 11) is 0. The maximum absolute atomic E-state index is 13.7. The standard InChI is InChI=1S/C30H36N4O2S.H3N/c1-19-9-8-14-26(36-19)30(35)34(23-15-16-23)20(2)27-18-22(17-21-10-4-3-5-11-21)28(37-27)24-12-6-7-13-25(24)29(31)33-32;/h3-7,10-13,18-20,23,26H,8-9,14-17,32H2,1-2H3,(H2,31,33);1H3/t19-,20-,26-;/m1./s1. The van der Waals surface area contributed by atoms with Crippen molar-refractivity contribution in [1.82, 2.24) is 11.1 Å². The average Bonchev–Trinajstić information content (AvgIpc) is 3.67. The second-order valence-electron chi connectivity index (χ2n) is 10.2. The molecule has 0 radical (unpaired) electrons. The molecule has 3 aromatic rings. The lowest BCUT2D eigenvalue weighted by Gasteiger charge is -2.35. The van der Waals surface area contributed by atoms with E-state index in [9.17, 15) is 4.79 Å². The van der Waals surface area contributed by atoms with E-state index in [1.807, 2.05) is 24.3 Å². The van der Waals surface area contributed by atoms with Gasteiger partial charge < -0.3 is 27.4 Å². The lowest BCUT2D eigenvalue weighted by atomic mass is 9.98. The topological polar surface area (TPSA) is 129 Å². The molecule has 5 rings (SSSR count). The lowest BCUT2D eigenvalue weighted by Crippen LogP contribution is -2.45. The number of carbonyl (C=O) groups is 1. The van der Waals surface area contributed by atoms with Gasteiger partial charge in [0, 0.05) is 26.9 Å². The fraction of sp³-hybridized carbons (Fsp3) is 0.400. The molecule has 202 valence electrons. The molecule has 0 unspecified atom stereocenters. The summed E-state index contributed by atoms with van der Waals surface area (Å²) in [5, 5.41) is 3.77. The van der Waals surface area contributed by atoms with Gasteiger partial charge in [-0.15, -0.1) is 11.3 Å². The van der Waals surface area contributed by atoms with Gasteiger partial charge in [-0.3, -0.25) is 4.79 Å². The van der Waals surface area contributed by atoms with Crippen LogP contribution in [0, 0.1) is 0 Å². The van der Waals surface area contributed by atoms with Crippen LogP contribution in [0.25, 0.3) is 10.4 Å². The maximum atomic E-state index is 13.7. The lowest BCUT2D eigenvalue weighted by molar-refractivity contribution is -0.154. The molecule has 2 aliphatic rings. The van der Waals surface area contributed by atoms with Crippen molar-refractivity contribution >= 4 is 23.1 Å². The minimum Gasteiger partial charge on any atom is -0.382 e. The molecule has 0 spiro atoms. The summed E-state index contributed by atoms with van der Waals surface area (Å²) in [4.78, 5) is 18.1. The first-order valence-electron chi connectivity index (χ1n) is 13.2. The van der Waals surface area contributed by atoms with Crippen LogP contribution in [0.15, 0.2) is 65.8 Å². The average molecular weight is 534 g/mol. The summed E-state index contributed by atoms with van der Waals surface area (Å²) in [6.07, 6.45) is 5.56. The van der Waals surface area contributed by atoms with E-state index >= 15 is 0 Å². The van der Waals surface area contributed by atoms with Crippen LogP contribution in [0.2, 0.25) is 0 Å². The van der Waals surface area contributed by atoms with E-state index in [0.29, 0.717) is 11.9 Å². The van der Waals surface area contributed by atoms with Gasteiger partial charge in [-0.1, -0.05) is 54.6 Å². The van der Waals surface area contributed by atoms with E-state index in [-0.39, 0.29) is 30.3 Å². The van der Waals surface area contributed by atoms with Crippen LogP contribution in [0.4, 0.5) is 0 Å². The molecule has 7 nitrogen and oxygen atoms in total. The third kappa shape index (κ3) is 5.93. The van der Waals surface area contributed by atoms with Crippen LogP contribution in [0.5, 0.6) is 0 Å². The van der Waals surface area contributed by atoms with E-state index in [2.05, 4.69) is 60.2 Å². The second kappa shape index (κ2) is 12.1. The number of nitrogens with zero attached hydrogens (tertiary/aromatic N) is 2.